The zero-order valence-electron chi connectivity index (χ0n) is 7.35. The van der Waals surface area contributed by atoms with Gasteiger partial charge in [0.25, 0.3) is 0 Å². The summed E-state index contributed by atoms with van der Waals surface area (Å²) in [4.78, 5) is 0. The summed E-state index contributed by atoms with van der Waals surface area (Å²) in [6.45, 7) is 8.12. The fourth-order valence-corrected chi connectivity index (χ4v) is 1.43. The van der Waals surface area contributed by atoms with Gasteiger partial charge in [-0.3, -0.25) is 0 Å². The highest BCUT2D eigenvalue weighted by Gasteiger charge is 2.23. The summed E-state index contributed by atoms with van der Waals surface area (Å²) < 4.78 is 0. The zero-order chi connectivity index (χ0) is 8.20. The fraction of sp³-hybridized carbons (Fsp3) is 1.00. The van der Waals surface area contributed by atoms with Crippen molar-refractivity contribution in [1.82, 2.24) is 0 Å². The lowest BCUT2D eigenvalue weighted by Gasteiger charge is -2.26. The van der Waals surface area contributed by atoms with Crippen LogP contribution in [0.25, 0.3) is 0 Å². The maximum absolute atomic E-state index is 9.70. The first-order valence-electron chi connectivity index (χ1n) is 3.80. The minimum atomic E-state index is -0.485. The predicted octanol–water partition coefficient (Wildman–Crippen LogP) is 2.15. The summed E-state index contributed by atoms with van der Waals surface area (Å²) in [5.41, 5.74) is -0.485. The van der Waals surface area contributed by atoms with E-state index in [0.29, 0.717) is 5.92 Å². The molecule has 0 fully saturated rings. The molecule has 2 heteroatoms. The van der Waals surface area contributed by atoms with Gasteiger partial charge in [0.05, 0.1) is 5.60 Å². The second-order valence-electron chi connectivity index (χ2n) is 3.15. The number of aliphatic hydroxyl groups is 1. The summed E-state index contributed by atoms with van der Waals surface area (Å²) in [7, 11) is 0. The molecule has 0 aromatic heterocycles. The first-order valence-corrected chi connectivity index (χ1v) is 4.96. The lowest BCUT2D eigenvalue weighted by molar-refractivity contribution is 0.0376. The van der Waals surface area contributed by atoms with Gasteiger partial charge in [-0.05, 0) is 18.6 Å². The van der Waals surface area contributed by atoms with Crippen LogP contribution >= 0.6 is 11.8 Å². The average molecular weight is 162 g/mol. The molecule has 1 nitrogen and oxygen atoms in total. The quantitative estimate of drug-likeness (QED) is 0.683. The Labute approximate surface area is 68.2 Å². The van der Waals surface area contributed by atoms with E-state index in [-0.39, 0.29) is 0 Å². The third-order valence-corrected chi connectivity index (χ3v) is 3.04. The lowest BCUT2D eigenvalue weighted by Crippen LogP contribution is -2.33. The molecule has 0 aromatic rings. The molecule has 1 unspecified atom stereocenters. The van der Waals surface area contributed by atoms with Crippen molar-refractivity contribution < 1.29 is 5.11 Å². The third-order valence-electron chi connectivity index (χ3n) is 1.84. The van der Waals surface area contributed by atoms with Crippen LogP contribution in [0.3, 0.4) is 0 Å². The second-order valence-corrected chi connectivity index (χ2v) is 4.42. The molecule has 0 spiro atoms. The topological polar surface area (TPSA) is 20.2 Å². The number of thioether (sulfide) groups is 1. The Kier molecular flexibility index (Phi) is 4.37. The van der Waals surface area contributed by atoms with E-state index in [1.54, 1.807) is 11.8 Å². The van der Waals surface area contributed by atoms with E-state index in [2.05, 4.69) is 20.8 Å². The molecule has 0 aromatic carbocycles. The van der Waals surface area contributed by atoms with Crippen LogP contribution in [0, 0.1) is 5.92 Å². The van der Waals surface area contributed by atoms with E-state index in [4.69, 9.17) is 0 Å². The van der Waals surface area contributed by atoms with E-state index in [1.807, 2.05) is 6.92 Å². The number of hydrogen-bond acceptors (Lipinski definition) is 2. The molecule has 0 aliphatic rings. The SMILES string of the molecule is CCSCC(C)(O)C(C)C. The molecule has 0 saturated carbocycles. The number of rotatable bonds is 4. The highest BCUT2D eigenvalue weighted by Crippen LogP contribution is 2.20. The van der Waals surface area contributed by atoms with Crippen molar-refractivity contribution in [2.45, 2.75) is 33.3 Å². The van der Waals surface area contributed by atoms with E-state index in [9.17, 15) is 5.11 Å². The molecule has 0 radical (unpaired) electrons. The van der Waals surface area contributed by atoms with Crippen molar-refractivity contribution in [3.8, 4) is 0 Å². The second kappa shape index (κ2) is 4.24. The molecule has 0 aliphatic heterocycles. The summed E-state index contributed by atoms with van der Waals surface area (Å²) in [5.74, 6) is 2.29. The maximum atomic E-state index is 9.70. The van der Waals surface area contributed by atoms with Crippen molar-refractivity contribution in [3.05, 3.63) is 0 Å². The minimum absolute atomic E-state index is 0.353. The van der Waals surface area contributed by atoms with Crippen LogP contribution in [-0.2, 0) is 0 Å². The maximum Gasteiger partial charge on any atom is 0.0732 e. The van der Waals surface area contributed by atoms with E-state index in [1.165, 1.54) is 0 Å². The predicted molar refractivity (Wildman–Crippen MR) is 48.5 cm³/mol. The Morgan fingerprint density at radius 1 is 1.50 bits per heavy atom. The molecule has 1 N–H and O–H groups in total. The van der Waals surface area contributed by atoms with E-state index in [0.717, 1.165) is 11.5 Å². The summed E-state index contributed by atoms with van der Waals surface area (Å²) in [5, 5.41) is 9.70. The molecule has 0 amide bonds. The van der Waals surface area contributed by atoms with Gasteiger partial charge in [0, 0.05) is 5.75 Å². The van der Waals surface area contributed by atoms with Crippen molar-refractivity contribution in [2.24, 2.45) is 5.92 Å². The Hall–Kier alpha value is 0.310. The van der Waals surface area contributed by atoms with Crippen LogP contribution in [0.5, 0.6) is 0 Å². The van der Waals surface area contributed by atoms with Gasteiger partial charge in [-0.1, -0.05) is 20.8 Å². The number of hydrogen-bond donors (Lipinski definition) is 1. The standard InChI is InChI=1S/C8H18OS/c1-5-10-6-8(4,9)7(2)3/h7,9H,5-6H2,1-4H3. The molecule has 0 bridgehead atoms. The van der Waals surface area contributed by atoms with Crippen molar-refractivity contribution in [2.75, 3.05) is 11.5 Å². The Morgan fingerprint density at radius 3 is 2.30 bits per heavy atom. The Morgan fingerprint density at radius 2 is 2.00 bits per heavy atom. The molecule has 0 heterocycles. The van der Waals surface area contributed by atoms with Crippen molar-refractivity contribution >= 4 is 11.8 Å². The Bertz CT molecular complexity index is 89.3. The van der Waals surface area contributed by atoms with Gasteiger partial charge in [0.2, 0.25) is 0 Å². The monoisotopic (exact) mass is 162 g/mol. The molecule has 0 rings (SSSR count). The summed E-state index contributed by atoms with van der Waals surface area (Å²) >= 11 is 1.79. The van der Waals surface area contributed by atoms with Crippen molar-refractivity contribution in [3.63, 3.8) is 0 Å². The molecular weight excluding hydrogens is 144 g/mol. The lowest BCUT2D eigenvalue weighted by atomic mass is 9.95. The van der Waals surface area contributed by atoms with Crippen LogP contribution in [0.1, 0.15) is 27.7 Å². The molecule has 1 atom stereocenters. The van der Waals surface area contributed by atoms with Crippen molar-refractivity contribution in [1.29, 1.82) is 0 Å². The van der Waals surface area contributed by atoms with Gasteiger partial charge in [0.15, 0.2) is 0 Å². The summed E-state index contributed by atoms with van der Waals surface area (Å²) in [6.07, 6.45) is 0. The molecule has 0 saturated heterocycles. The largest absolute Gasteiger partial charge is 0.389 e. The molecule has 10 heavy (non-hydrogen) atoms. The van der Waals surface area contributed by atoms with Gasteiger partial charge >= 0.3 is 0 Å². The first kappa shape index (κ1) is 10.3. The summed E-state index contributed by atoms with van der Waals surface area (Å²) in [6, 6.07) is 0. The van der Waals surface area contributed by atoms with Gasteiger partial charge in [-0.2, -0.15) is 11.8 Å². The van der Waals surface area contributed by atoms with Gasteiger partial charge in [-0.15, -0.1) is 0 Å². The first-order chi connectivity index (χ1) is 4.50. The molecule has 0 aliphatic carbocycles. The zero-order valence-corrected chi connectivity index (χ0v) is 8.16. The third kappa shape index (κ3) is 3.47. The smallest absolute Gasteiger partial charge is 0.0732 e. The average Bonchev–Trinajstić information content (AvgIpc) is 1.84. The van der Waals surface area contributed by atoms with Crippen LogP contribution in [0.4, 0.5) is 0 Å². The van der Waals surface area contributed by atoms with Crippen LogP contribution in [0.15, 0.2) is 0 Å². The Balaban J connectivity index is 3.63. The van der Waals surface area contributed by atoms with Gasteiger partial charge < -0.3 is 5.11 Å². The minimum Gasteiger partial charge on any atom is -0.389 e. The van der Waals surface area contributed by atoms with Gasteiger partial charge in [-0.25, -0.2) is 0 Å². The highest BCUT2D eigenvalue weighted by atomic mass is 32.2. The highest BCUT2D eigenvalue weighted by molar-refractivity contribution is 7.99. The van der Waals surface area contributed by atoms with Crippen LogP contribution in [0.2, 0.25) is 0 Å². The van der Waals surface area contributed by atoms with Crippen LogP contribution < -0.4 is 0 Å². The normalized spacial score (nSPS) is 17.4. The van der Waals surface area contributed by atoms with Gasteiger partial charge in [0.1, 0.15) is 0 Å². The van der Waals surface area contributed by atoms with E-state index >= 15 is 0 Å². The van der Waals surface area contributed by atoms with Crippen LogP contribution in [-0.4, -0.2) is 22.2 Å². The fourth-order valence-electron chi connectivity index (χ4n) is 0.475. The van der Waals surface area contributed by atoms with E-state index < -0.39 is 5.60 Å². The molecule has 62 valence electrons. The molecular formula is C8H18OS.